The third-order valence-electron chi connectivity index (χ3n) is 5.15. The number of nitrogens with zero attached hydrogens (tertiary/aromatic N) is 1. The van der Waals surface area contributed by atoms with Crippen LogP contribution in [0, 0.1) is 11.3 Å². The number of rotatable bonds is 2. The van der Waals surface area contributed by atoms with Crippen molar-refractivity contribution >= 4 is 0 Å². The molecule has 1 heterocycles. The molecular formula is C14H26N2. The molecule has 16 heavy (non-hydrogen) atoms. The van der Waals surface area contributed by atoms with E-state index < -0.39 is 0 Å². The van der Waals surface area contributed by atoms with Crippen LogP contribution in [-0.2, 0) is 0 Å². The van der Waals surface area contributed by atoms with Gasteiger partial charge in [-0.2, -0.15) is 0 Å². The van der Waals surface area contributed by atoms with Crippen LogP contribution >= 0.6 is 0 Å². The molecule has 3 fully saturated rings. The summed E-state index contributed by atoms with van der Waals surface area (Å²) in [5.41, 5.74) is 0.821. The predicted molar refractivity (Wildman–Crippen MR) is 67.6 cm³/mol. The minimum atomic E-state index is 0.821. The predicted octanol–water partition coefficient (Wildman–Crippen LogP) is 2.25. The second kappa shape index (κ2) is 4.66. The Balaban J connectivity index is 1.50. The Morgan fingerprint density at radius 3 is 2.38 bits per heavy atom. The molecular weight excluding hydrogens is 196 g/mol. The average Bonchev–Trinajstić information content (AvgIpc) is 3.04. The third kappa shape index (κ3) is 2.28. The highest BCUT2D eigenvalue weighted by Crippen LogP contribution is 2.60. The molecule has 1 unspecified atom stereocenters. The summed E-state index contributed by atoms with van der Waals surface area (Å²) >= 11 is 0. The highest BCUT2D eigenvalue weighted by Gasteiger charge is 2.52. The molecule has 0 aromatic carbocycles. The van der Waals surface area contributed by atoms with Crippen LogP contribution in [0.3, 0.4) is 0 Å². The largest absolute Gasteiger partial charge is 0.314 e. The maximum Gasteiger partial charge on any atom is 0.0107 e. The van der Waals surface area contributed by atoms with Gasteiger partial charge in [0.05, 0.1) is 0 Å². The monoisotopic (exact) mass is 222 g/mol. The van der Waals surface area contributed by atoms with Crippen LogP contribution in [0.25, 0.3) is 0 Å². The first-order valence-corrected chi connectivity index (χ1v) is 7.32. The molecule has 1 atom stereocenters. The van der Waals surface area contributed by atoms with Crippen molar-refractivity contribution in [3.63, 3.8) is 0 Å². The van der Waals surface area contributed by atoms with Crippen molar-refractivity contribution in [3.05, 3.63) is 0 Å². The Kier molecular flexibility index (Phi) is 3.21. The Labute approximate surface area is 99.8 Å². The van der Waals surface area contributed by atoms with Crippen LogP contribution in [-0.4, -0.2) is 37.6 Å². The lowest BCUT2D eigenvalue weighted by Gasteiger charge is -2.28. The van der Waals surface area contributed by atoms with Gasteiger partial charge in [-0.05, 0) is 30.6 Å². The minimum Gasteiger partial charge on any atom is -0.314 e. The molecule has 0 amide bonds. The molecule has 0 radical (unpaired) electrons. The summed E-state index contributed by atoms with van der Waals surface area (Å²) in [6.07, 6.45) is 10.7. The number of nitrogens with one attached hydrogen (secondary N) is 1. The van der Waals surface area contributed by atoms with Crippen LogP contribution in [0.1, 0.15) is 44.9 Å². The zero-order valence-corrected chi connectivity index (χ0v) is 10.5. The SMILES string of the molecule is C1CCCC2(CC1)CC2CN1CCNCC1. The second-order valence-corrected chi connectivity index (χ2v) is 6.23. The van der Waals surface area contributed by atoms with Crippen LogP contribution in [0.4, 0.5) is 0 Å². The maximum absolute atomic E-state index is 3.45. The van der Waals surface area contributed by atoms with E-state index in [0.717, 1.165) is 11.3 Å². The summed E-state index contributed by atoms with van der Waals surface area (Å²) in [5, 5.41) is 3.45. The molecule has 0 aromatic heterocycles. The van der Waals surface area contributed by atoms with Gasteiger partial charge in [0.15, 0.2) is 0 Å². The zero-order valence-electron chi connectivity index (χ0n) is 10.5. The topological polar surface area (TPSA) is 15.3 Å². The van der Waals surface area contributed by atoms with E-state index in [1.807, 2.05) is 0 Å². The fourth-order valence-corrected chi connectivity index (χ4v) is 3.94. The third-order valence-corrected chi connectivity index (χ3v) is 5.15. The van der Waals surface area contributed by atoms with E-state index in [9.17, 15) is 0 Å². The molecule has 1 saturated heterocycles. The van der Waals surface area contributed by atoms with Gasteiger partial charge in [-0.25, -0.2) is 0 Å². The molecule has 1 N–H and O–H groups in total. The molecule has 92 valence electrons. The van der Waals surface area contributed by atoms with Gasteiger partial charge >= 0.3 is 0 Å². The number of hydrogen-bond acceptors (Lipinski definition) is 2. The number of hydrogen-bond donors (Lipinski definition) is 1. The van der Waals surface area contributed by atoms with E-state index in [1.54, 1.807) is 19.3 Å². The van der Waals surface area contributed by atoms with Gasteiger partial charge in [-0.15, -0.1) is 0 Å². The first-order valence-electron chi connectivity index (χ1n) is 7.32. The van der Waals surface area contributed by atoms with Crippen molar-refractivity contribution in [2.24, 2.45) is 11.3 Å². The van der Waals surface area contributed by atoms with E-state index in [-0.39, 0.29) is 0 Å². The lowest BCUT2D eigenvalue weighted by Crippen LogP contribution is -2.44. The summed E-state index contributed by atoms with van der Waals surface area (Å²) < 4.78 is 0. The summed E-state index contributed by atoms with van der Waals surface area (Å²) in [7, 11) is 0. The van der Waals surface area contributed by atoms with Crippen molar-refractivity contribution < 1.29 is 0 Å². The van der Waals surface area contributed by atoms with Crippen molar-refractivity contribution in [2.45, 2.75) is 44.9 Å². The highest BCUT2D eigenvalue weighted by molar-refractivity contribution is 5.03. The van der Waals surface area contributed by atoms with Gasteiger partial charge in [0.2, 0.25) is 0 Å². The average molecular weight is 222 g/mol. The van der Waals surface area contributed by atoms with E-state index >= 15 is 0 Å². The van der Waals surface area contributed by atoms with E-state index in [2.05, 4.69) is 10.2 Å². The summed E-state index contributed by atoms with van der Waals surface area (Å²) in [6, 6.07) is 0. The highest BCUT2D eigenvalue weighted by atomic mass is 15.2. The van der Waals surface area contributed by atoms with Crippen LogP contribution < -0.4 is 5.32 Å². The molecule has 2 aliphatic carbocycles. The lowest BCUT2D eigenvalue weighted by molar-refractivity contribution is 0.214. The summed E-state index contributed by atoms with van der Waals surface area (Å²) in [6.45, 7) is 6.39. The van der Waals surface area contributed by atoms with Crippen LogP contribution in [0.5, 0.6) is 0 Å². The van der Waals surface area contributed by atoms with Gasteiger partial charge < -0.3 is 10.2 Å². The first-order chi connectivity index (χ1) is 7.89. The quantitative estimate of drug-likeness (QED) is 0.771. The Bertz CT molecular complexity index is 225. The van der Waals surface area contributed by atoms with Crippen molar-refractivity contribution in [2.75, 3.05) is 32.7 Å². The Hall–Kier alpha value is -0.0800. The maximum atomic E-state index is 3.45. The lowest BCUT2D eigenvalue weighted by atomic mass is 9.94. The van der Waals surface area contributed by atoms with Crippen molar-refractivity contribution in [1.82, 2.24) is 10.2 Å². The van der Waals surface area contributed by atoms with Crippen LogP contribution in [0.2, 0.25) is 0 Å². The fraction of sp³-hybridized carbons (Fsp3) is 1.00. The molecule has 0 bridgehead atoms. The number of piperazine rings is 1. The fourth-order valence-electron chi connectivity index (χ4n) is 3.94. The molecule has 3 aliphatic rings. The molecule has 1 aliphatic heterocycles. The van der Waals surface area contributed by atoms with E-state index in [0.29, 0.717) is 0 Å². The van der Waals surface area contributed by atoms with Gasteiger partial charge in [0.1, 0.15) is 0 Å². The van der Waals surface area contributed by atoms with Gasteiger partial charge in [0, 0.05) is 32.7 Å². The van der Waals surface area contributed by atoms with Crippen molar-refractivity contribution in [1.29, 1.82) is 0 Å². The van der Waals surface area contributed by atoms with E-state index in [1.165, 1.54) is 58.4 Å². The van der Waals surface area contributed by atoms with Gasteiger partial charge in [0.25, 0.3) is 0 Å². The van der Waals surface area contributed by atoms with E-state index in [4.69, 9.17) is 0 Å². The molecule has 0 aromatic rings. The van der Waals surface area contributed by atoms with Gasteiger partial charge in [-0.1, -0.05) is 25.7 Å². The Morgan fingerprint density at radius 1 is 1.00 bits per heavy atom. The summed E-state index contributed by atoms with van der Waals surface area (Å²) in [5.74, 6) is 1.06. The van der Waals surface area contributed by atoms with Crippen LogP contribution in [0.15, 0.2) is 0 Å². The normalized spacial score (nSPS) is 34.9. The Morgan fingerprint density at radius 2 is 1.69 bits per heavy atom. The second-order valence-electron chi connectivity index (χ2n) is 6.23. The van der Waals surface area contributed by atoms with Crippen molar-refractivity contribution in [3.8, 4) is 0 Å². The van der Waals surface area contributed by atoms with Gasteiger partial charge in [-0.3, -0.25) is 0 Å². The summed E-state index contributed by atoms with van der Waals surface area (Å²) in [4.78, 5) is 2.70. The first kappa shape index (κ1) is 11.0. The smallest absolute Gasteiger partial charge is 0.0107 e. The molecule has 3 rings (SSSR count). The standard InChI is InChI=1S/C14H26N2/c1-2-4-6-14(5-3-1)11-13(14)12-16-9-7-15-8-10-16/h13,15H,1-12H2. The molecule has 1 spiro atoms. The molecule has 2 saturated carbocycles. The minimum absolute atomic E-state index is 0.821. The molecule has 2 nitrogen and oxygen atoms in total. The molecule has 2 heteroatoms. The zero-order chi connectivity index (χ0) is 10.8.